The van der Waals surface area contributed by atoms with Crippen LogP contribution in [0.4, 0.5) is 10.1 Å². The molecule has 0 aliphatic rings. The highest BCUT2D eigenvalue weighted by Gasteiger charge is 2.16. The molecule has 0 saturated carbocycles. The number of methoxy groups -OCH3 is 1. The molecular formula is C16H12ClFN2O4S. The van der Waals surface area contributed by atoms with E-state index in [2.05, 4.69) is 10.6 Å². The summed E-state index contributed by atoms with van der Waals surface area (Å²) in [7, 11) is 1.35. The van der Waals surface area contributed by atoms with E-state index in [1.807, 2.05) is 0 Å². The van der Waals surface area contributed by atoms with Crippen LogP contribution in [0.2, 0.25) is 5.02 Å². The lowest BCUT2D eigenvalue weighted by molar-refractivity contribution is 0.0696. The van der Waals surface area contributed by atoms with E-state index in [1.54, 1.807) is 0 Å². The molecule has 0 heterocycles. The third-order valence-electron chi connectivity index (χ3n) is 3.06. The number of rotatable bonds is 4. The van der Waals surface area contributed by atoms with Gasteiger partial charge < -0.3 is 15.2 Å². The quantitative estimate of drug-likeness (QED) is 0.703. The van der Waals surface area contributed by atoms with Crippen molar-refractivity contribution in [2.24, 2.45) is 0 Å². The topological polar surface area (TPSA) is 87.7 Å². The predicted octanol–water partition coefficient (Wildman–Crippen LogP) is 3.31. The van der Waals surface area contributed by atoms with Crippen LogP contribution in [0.5, 0.6) is 5.75 Å². The lowest BCUT2D eigenvalue weighted by Crippen LogP contribution is -2.34. The van der Waals surface area contributed by atoms with E-state index in [0.29, 0.717) is 0 Å². The molecule has 0 spiro atoms. The van der Waals surface area contributed by atoms with Gasteiger partial charge in [-0.1, -0.05) is 17.7 Å². The third kappa shape index (κ3) is 4.65. The number of carboxylic acids is 1. The number of carbonyl (C=O) groups excluding carboxylic acids is 1. The zero-order valence-corrected chi connectivity index (χ0v) is 14.4. The van der Waals surface area contributed by atoms with Gasteiger partial charge in [-0.05, 0) is 42.5 Å². The van der Waals surface area contributed by atoms with Crippen LogP contribution in [0.3, 0.4) is 0 Å². The summed E-state index contributed by atoms with van der Waals surface area (Å²) in [5, 5.41) is 14.0. The van der Waals surface area contributed by atoms with Gasteiger partial charge in [-0.25, -0.2) is 9.18 Å². The minimum Gasteiger partial charge on any atom is -0.493 e. The number of benzene rings is 2. The average Bonchev–Trinajstić information content (AvgIpc) is 2.54. The fourth-order valence-electron chi connectivity index (χ4n) is 1.98. The summed E-state index contributed by atoms with van der Waals surface area (Å²) in [5.74, 6) is -2.22. The van der Waals surface area contributed by atoms with Crippen LogP contribution in [0, 0.1) is 5.82 Å². The van der Waals surface area contributed by atoms with Crippen molar-refractivity contribution < 1.29 is 23.8 Å². The van der Waals surface area contributed by atoms with E-state index < -0.39 is 17.7 Å². The van der Waals surface area contributed by atoms with E-state index in [4.69, 9.17) is 33.7 Å². The molecule has 0 aliphatic carbocycles. The van der Waals surface area contributed by atoms with E-state index in [1.165, 1.54) is 37.4 Å². The maximum Gasteiger partial charge on any atom is 0.335 e. The second kappa shape index (κ2) is 7.91. The number of hydrogen-bond donors (Lipinski definition) is 3. The van der Waals surface area contributed by atoms with E-state index in [0.717, 1.165) is 6.07 Å². The average molecular weight is 383 g/mol. The first kappa shape index (κ1) is 18.6. The fourth-order valence-corrected chi connectivity index (χ4v) is 2.47. The van der Waals surface area contributed by atoms with Crippen LogP contribution in [-0.2, 0) is 0 Å². The molecule has 0 unspecified atom stereocenters. The lowest BCUT2D eigenvalue weighted by Gasteiger charge is -2.14. The number of aromatic carboxylic acids is 1. The normalized spacial score (nSPS) is 10.0. The minimum atomic E-state index is -1.19. The Kier molecular flexibility index (Phi) is 5.89. The van der Waals surface area contributed by atoms with Crippen molar-refractivity contribution in [1.29, 1.82) is 0 Å². The summed E-state index contributed by atoms with van der Waals surface area (Å²) >= 11 is 11.0. The molecule has 0 bridgehead atoms. The summed E-state index contributed by atoms with van der Waals surface area (Å²) in [5.41, 5.74) is 0.151. The van der Waals surface area contributed by atoms with Gasteiger partial charge in [-0.15, -0.1) is 0 Å². The first-order valence-corrected chi connectivity index (χ1v) is 7.59. The maximum atomic E-state index is 13.2. The second-order valence-corrected chi connectivity index (χ2v) is 5.58. The van der Waals surface area contributed by atoms with Crippen molar-refractivity contribution in [1.82, 2.24) is 5.32 Å². The Morgan fingerprint density at radius 2 is 1.96 bits per heavy atom. The van der Waals surface area contributed by atoms with Crippen LogP contribution in [0.15, 0.2) is 36.4 Å². The Morgan fingerprint density at radius 1 is 1.24 bits per heavy atom. The van der Waals surface area contributed by atoms with Gasteiger partial charge in [0.2, 0.25) is 0 Å². The maximum absolute atomic E-state index is 13.2. The highest BCUT2D eigenvalue weighted by atomic mass is 35.5. The smallest absolute Gasteiger partial charge is 0.335 e. The van der Waals surface area contributed by atoms with Crippen molar-refractivity contribution in [3.8, 4) is 5.75 Å². The van der Waals surface area contributed by atoms with Gasteiger partial charge in [0, 0.05) is 5.56 Å². The molecule has 2 rings (SSSR count). The van der Waals surface area contributed by atoms with Gasteiger partial charge in [0.15, 0.2) is 10.9 Å². The number of anilines is 1. The van der Waals surface area contributed by atoms with Gasteiger partial charge >= 0.3 is 5.97 Å². The second-order valence-electron chi connectivity index (χ2n) is 4.76. The molecule has 0 atom stereocenters. The number of carbonyl (C=O) groups is 2. The van der Waals surface area contributed by atoms with E-state index in [-0.39, 0.29) is 32.7 Å². The molecule has 130 valence electrons. The molecule has 1 amide bonds. The van der Waals surface area contributed by atoms with E-state index in [9.17, 15) is 14.0 Å². The highest BCUT2D eigenvalue weighted by Crippen LogP contribution is 2.34. The molecule has 0 aromatic heterocycles. The molecular weight excluding hydrogens is 371 g/mol. The van der Waals surface area contributed by atoms with Crippen LogP contribution < -0.4 is 15.4 Å². The third-order valence-corrected chi connectivity index (χ3v) is 3.54. The summed E-state index contributed by atoms with van der Waals surface area (Å²) in [6.07, 6.45) is 0. The number of thiocarbonyl (C=S) groups is 1. The zero-order valence-electron chi connectivity index (χ0n) is 12.8. The largest absolute Gasteiger partial charge is 0.493 e. The summed E-state index contributed by atoms with van der Waals surface area (Å²) in [4.78, 5) is 23.2. The van der Waals surface area contributed by atoms with Crippen LogP contribution >= 0.6 is 23.8 Å². The number of ether oxygens (including phenoxy) is 1. The van der Waals surface area contributed by atoms with Crippen molar-refractivity contribution in [2.75, 3.05) is 12.4 Å². The van der Waals surface area contributed by atoms with Gasteiger partial charge in [-0.3, -0.25) is 10.1 Å². The van der Waals surface area contributed by atoms with Gasteiger partial charge in [-0.2, -0.15) is 0 Å². The Labute approximate surface area is 152 Å². The summed E-state index contributed by atoms with van der Waals surface area (Å²) in [6, 6.07) is 7.55. The van der Waals surface area contributed by atoms with E-state index >= 15 is 0 Å². The molecule has 6 nitrogen and oxygen atoms in total. The molecule has 0 saturated heterocycles. The SMILES string of the molecule is COc1c(Cl)cc(C(=O)O)cc1NC(=S)NC(=O)c1cccc(F)c1. The van der Waals surface area contributed by atoms with Gasteiger partial charge in [0.1, 0.15) is 5.82 Å². The van der Waals surface area contributed by atoms with Gasteiger partial charge in [0.05, 0.1) is 23.4 Å². The Balaban J connectivity index is 2.19. The van der Waals surface area contributed by atoms with Crippen LogP contribution in [-0.4, -0.2) is 29.2 Å². The van der Waals surface area contributed by atoms with Crippen molar-refractivity contribution in [3.63, 3.8) is 0 Å². The minimum absolute atomic E-state index is 0.0594. The molecule has 0 aliphatic heterocycles. The molecule has 2 aromatic rings. The number of nitrogens with one attached hydrogen (secondary N) is 2. The molecule has 3 N–H and O–H groups in total. The standard InChI is InChI=1S/C16H12ClFN2O4S/c1-24-13-11(17)6-9(15(22)23)7-12(13)19-16(25)20-14(21)8-3-2-4-10(18)5-8/h2-7H,1H3,(H,22,23)(H2,19,20,21,25). The number of amides is 1. The van der Waals surface area contributed by atoms with Crippen molar-refractivity contribution in [2.45, 2.75) is 0 Å². The fraction of sp³-hybridized carbons (Fsp3) is 0.0625. The number of halogens is 2. The molecule has 0 fully saturated rings. The zero-order chi connectivity index (χ0) is 18.6. The first-order valence-electron chi connectivity index (χ1n) is 6.80. The Hall–Kier alpha value is -2.71. The summed E-state index contributed by atoms with van der Waals surface area (Å²) < 4.78 is 18.3. The van der Waals surface area contributed by atoms with Crippen LogP contribution in [0.25, 0.3) is 0 Å². The molecule has 25 heavy (non-hydrogen) atoms. The Bertz CT molecular complexity index is 860. The molecule has 2 aromatic carbocycles. The lowest BCUT2D eigenvalue weighted by atomic mass is 10.2. The molecule has 9 heteroatoms. The highest BCUT2D eigenvalue weighted by molar-refractivity contribution is 7.80. The number of carboxylic acid groups (broad SMARTS) is 1. The predicted molar refractivity (Wildman–Crippen MR) is 95.1 cm³/mol. The first-order chi connectivity index (χ1) is 11.8. The number of hydrogen-bond acceptors (Lipinski definition) is 4. The Morgan fingerprint density at radius 3 is 2.56 bits per heavy atom. The van der Waals surface area contributed by atoms with Crippen molar-refractivity contribution >= 4 is 46.5 Å². The monoisotopic (exact) mass is 382 g/mol. The van der Waals surface area contributed by atoms with Gasteiger partial charge in [0.25, 0.3) is 5.91 Å². The van der Waals surface area contributed by atoms with Crippen LogP contribution in [0.1, 0.15) is 20.7 Å². The molecule has 0 radical (unpaired) electrons. The summed E-state index contributed by atoms with van der Waals surface area (Å²) in [6.45, 7) is 0. The van der Waals surface area contributed by atoms with Crippen molar-refractivity contribution in [3.05, 3.63) is 58.4 Å².